The van der Waals surface area contributed by atoms with Crippen LogP contribution in [-0.4, -0.2) is 18.6 Å². The Kier molecular flexibility index (Phi) is 5.01. The molecule has 8 heteroatoms. The summed E-state index contributed by atoms with van der Waals surface area (Å²) in [6, 6.07) is 22.0. The maximum absolute atomic E-state index is 12.4. The van der Waals surface area contributed by atoms with E-state index in [0.29, 0.717) is 11.5 Å². The van der Waals surface area contributed by atoms with Crippen molar-refractivity contribution in [2.75, 3.05) is 4.72 Å². The summed E-state index contributed by atoms with van der Waals surface area (Å²) in [4.78, 5) is 4.07. The van der Waals surface area contributed by atoms with E-state index in [9.17, 15) is 8.42 Å². The summed E-state index contributed by atoms with van der Waals surface area (Å²) in [5.41, 5.74) is 2.18. The molecule has 0 aliphatic rings. The van der Waals surface area contributed by atoms with Gasteiger partial charge in [-0.15, -0.1) is 0 Å². The molecule has 0 aliphatic carbocycles. The van der Waals surface area contributed by atoms with Crippen molar-refractivity contribution in [3.05, 3.63) is 84.8 Å². The summed E-state index contributed by atoms with van der Waals surface area (Å²) in [6.07, 6.45) is 1.23. The van der Waals surface area contributed by atoms with E-state index in [2.05, 4.69) is 14.9 Å². The molecule has 0 saturated heterocycles. The minimum absolute atomic E-state index is 0.00933. The first-order valence-electron chi connectivity index (χ1n) is 8.75. The fourth-order valence-electron chi connectivity index (χ4n) is 2.66. The lowest BCUT2D eigenvalue weighted by molar-refractivity contribution is 0.400. The maximum atomic E-state index is 12.4. The molecule has 4 rings (SSSR count). The number of sulfonamides is 1. The van der Waals surface area contributed by atoms with Crippen molar-refractivity contribution in [1.82, 2.24) is 10.1 Å². The van der Waals surface area contributed by atoms with Crippen LogP contribution in [0, 0.1) is 6.92 Å². The summed E-state index contributed by atoms with van der Waals surface area (Å²) in [5.74, 6) is 1.50. The Balaban J connectivity index is 1.45. The largest absolute Gasteiger partial charge is 0.439 e. The third-order valence-electron chi connectivity index (χ3n) is 4.07. The van der Waals surface area contributed by atoms with Crippen molar-refractivity contribution < 1.29 is 17.7 Å². The highest BCUT2D eigenvalue weighted by molar-refractivity contribution is 7.92. The molecule has 0 aliphatic heterocycles. The molecule has 2 aromatic heterocycles. The molecule has 0 saturated carbocycles. The van der Waals surface area contributed by atoms with Crippen molar-refractivity contribution in [3.63, 3.8) is 0 Å². The summed E-state index contributed by atoms with van der Waals surface area (Å²) in [5, 5.41) is 3.62. The number of anilines is 1. The van der Waals surface area contributed by atoms with Gasteiger partial charge in [0, 0.05) is 12.1 Å². The van der Waals surface area contributed by atoms with Crippen LogP contribution < -0.4 is 9.46 Å². The first kappa shape index (κ1) is 18.7. The Morgan fingerprint density at radius 2 is 1.66 bits per heavy atom. The van der Waals surface area contributed by atoms with Crippen molar-refractivity contribution in [1.29, 1.82) is 0 Å². The number of aromatic nitrogens is 2. The van der Waals surface area contributed by atoms with Gasteiger partial charge in [0.25, 0.3) is 10.0 Å². The van der Waals surface area contributed by atoms with Gasteiger partial charge in [0.2, 0.25) is 5.88 Å². The van der Waals surface area contributed by atoms with Gasteiger partial charge in [-0.05, 0) is 36.2 Å². The summed E-state index contributed by atoms with van der Waals surface area (Å²) < 4.78 is 37.7. The molecular formula is C21H17N3O4S. The lowest BCUT2D eigenvalue weighted by Crippen LogP contribution is -2.13. The number of hydrogen-bond donors (Lipinski definition) is 1. The molecule has 0 bridgehead atoms. The standard InChI is InChI=1S/C21H17N3O4S/c1-15-13-20(23-28-15)24-29(25,26)19-11-12-21(22-14-19)27-18-9-7-17(8-10-18)16-5-3-2-4-6-16/h2-14H,1H3,(H,23,24). The Morgan fingerprint density at radius 3 is 2.28 bits per heavy atom. The molecule has 0 fully saturated rings. The topological polar surface area (TPSA) is 94.3 Å². The Morgan fingerprint density at radius 1 is 0.931 bits per heavy atom. The number of nitrogens with one attached hydrogen (secondary N) is 1. The fourth-order valence-corrected chi connectivity index (χ4v) is 3.59. The van der Waals surface area contributed by atoms with E-state index in [-0.39, 0.29) is 16.6 Å². The number of hydrogen-bond acceptors (Lipinski definition) is 6. The molecule has 29 heavy (non-hydrogen) atoms. The van der Waals surface area contributed by atoms with Crippen LogP contribution in [0.5, 0.6) is 11.6 Å². The van der Waals surface area contributed by atoms with Crippen molar-refractivity contribution in [2.24, 2.45) is 0 Å². The highest BCUT2D eigenvalue weighted by atomic mass is 32.2. The average Bonchev–Trinajstić information content (AvgIpc) is 3.13. The molecule has 7 nitrogen and oxygen atoms in total. The SMILES string of the molecule is Cc1cc(NS(=O)(=O)c2ccc(Oc3ccc(-c4ccccc4)cc3)nc2)no1. The monoisotopic (exact) mass is 407 g/mol. The van der Waals surface area contributed by atoms with Gasteiger partial charge in [-0.2, -0.15) is 0 Å². The van der Waals surface area contributed by atoms with E-state index in [0.717, 1.165) is 11.1 Å². The van der Waals surface area contributed by atoms with Crippen LogP contribution >= 0.6 is 0 Å². The van der Waals surface area contributed by atoms with Gasteiger partial charge < -0.3 is 9.26 Å². The lowest BCUT2D eigenvalue weighted by Gasteiger charge is -2.08. The molecule has 0 radical (unpaired) electrons. The zero-order chi connectivity index (χ0) is 20.3. The number of aryl methyl sites for hydroxylation is 1. The van der Waals surface area contributed by atoms with Crippen LogP contribution in [-0.2, 0) is 10.0 Å². The summed E-state index contributed by atoms with van der Waals surface area (Å²) in [6.45, 7) is 1.67. The highest BCUT2D eigenvalue weighted by Gasteiger charge is 2.17. The van der Waals surface area contributed by atoms with Crippen LogP contribution in [0.4, 0.5) is 5.82 Å². The maximum Gasteiger partial charge on any atom is 0.264 e. The van der Waals surface area contributed by atoms with Crippen LogP contribution in [0.15, 0.2) is 88.4 Å². The highest BCUT2D eigenvalue weighted by Crippen LogP contribution is 2.25. The van der Waals surface area contributed by atoms with Crippen LogP contribution in [0.25, 0.3) is 11.1 Å². The van der Waals surface area contributed by atoms with Crippen molar-refractivity contribution in [3.8, 4) is 22.8 Å². The van der Waals surface area contributed by atoms with Crippen LogP contribution in [0.2, 0.25) is 0 Å². The van der Waals surface area contributed by atoms with Crippen LogP contribution in [0.3, 0.4) is 0 Å². The first-order valence-corrected chi connectivity index (χ1v) is 10.2. The second-order valence-corrected chi connectivity index (χ2v) is 7.94. The summed E-state index contributed by atoms with van der Waals surface area (Å²) >= 11 is 0. The zero-order valence-corrected chi connectivity index (χ0v) is 16.3. The molecule has 2 heterocycles. The quantitative estimate of drug-likeness (QED) is 0.500. The number of ether oxygens (including phenoxy) is 1. The molecule has 0 spiro atoms. The van der Waals surface area contributed by atoms with Crippen LogP contribution in [0.1, 0.15) is 5.76 Å². The van der Waals surface area contributed by atoms with E-state index in [1.165, 1.54) is 24.4 Å². The molecule has 0 unspecified atom stereocenters. The number of nitrogens with zero attached hydrogens (tertiary/aromatic N) is 2. The van der Waals surface area contributed by atoms with Crippen molar-refractivity contribution >= 4 is 15.8 Å². The van der Waals surface area contributed by atoms with E-state index in [1.807, 2.05) is 54.6 Å². The van der Waals surface area contributed by atoms with E-state index >= 15 is 0 Å². The van der Waals surface area contributed by atoms with Gasteiger partial charge in [-0.1, -0.05) is 47.6 Å². The molecule has 4 aromatic rings. The predicted octanol–water partition coefficient (Wildman–Crippen LogP) is 4.64. The average molecular weight is 407 g/mol. The number of pyridine rings is 1. The van der Waals surface area contributed by atoms with Gasteiger partial charge in [-0.3, -0.25) is 4.72 Å². The van der Waals surface area contributed by atoms with E-state index in [4.69, 9.17) is 9.26 Å². The molecule has 0 amide bonds. The third-order valence-corrected chi connectivity index (χ3v) is 5.41. The predicted molar refractivity (Wildman–Crippen MR) is 108 cm³/mol. The molecule has 146 valence electrons. The van der Waals surface area contributed by atoms with Gasteiger partial charge in [-0.25, -0.2) is 13.4 Å². The van der Waals surface area contributed by atoms with Gasteiger partial charge in [0.15, 0.2) is 5.82 Å². The number of rotatable bonds is 6. The molecule has 1 N–H and O–H groups in total. The fraction of sp³-hybridized carbons (Fsp3) is 0.0476. The minimum atomic E-state index is -3.82. The van der Waals surface area contributed by atoms with Crippen molar-refractivity contribution in [2.45, 2.75) is 11.8 Å². The smallest absolute Gasteiger partial charge is 0.264 e. The molecule has 2 aromatic carbocycles. The second-order valence-electron chi connectivity index (χ2n) is 6.25. The normalized spacial score (nSPS) is 11.2. The Hall–Kier alpha value is -3.65. The minimum Gasteiger partial charge on any atom is -0.439 e. The van der Waals surface area contributed by atoms with E-state index in [1.54, 1.807) is 6.92 Å². The lowest BCUT2D eigenvalue weighted by atomic mass is 10.1. The summed E-state index contributed by atoms with van der Waals surface area (Å²) in [7, 11) is -3.82. The van der Waals surface area contributed by atoms with Gasteiger partial charge in [0.1, 0.15) is 16.4 Å². The van der Waals surface area contributed by atoms with Gasteiger partial charge in [0.05, 0.1) is 6.20 Å². The Labute approximate surface area is 168 Å². The molecular weight excluding hydrogens is 390 g/mol. The second kappa shape index (κ2) is 7.76. The zero-order valence-electron chi connectivity index (χ0n) is 15.4. The van der Waals surface area contributed by atoms with Gasteiger partial charge >= 0.3 is 0 Å². The third kappa shape index (κ3) is 4.44. The van der Waals surface area contributed by atoms with E-state index < -0.39 is 10.0 Å². The Bertz CT molecular complexity index is 1200. The first-order chi connectivity index (χ1) is 14.0. The molecule has 0 atom stereocenters. The number of benzene rings is 2.